The molecule has 1 aliphatic rings. The number of aromatic nitrogens is 2. The Bertz CT molecular complexity index is 1230. The van der Waals surface area contributed by atoms with E-state index in [-0.39, 0.29) is 5.91 Å². The summed E-state index contributed by atoms with van der Waals surface area (Å²) in [4.78, 5) is 27.1. The highest BCUT2D eigenvalue weighted by atomic mass is 16.5. The number of nitrogens with one attached hydrogen (secondary N) is 1. The normalized spacial score (nSPS) is 15.2. The van der Waals surface area contributed by atoms with Crippen molar-refractivity contribution in [1.29, 1.82) is 0 Å². The maximum Gasteiger partial charge on any atom is 0.338 e. The van der Waals surface area contributed by atoms with Crippen molar-refractivity contribution in [3.8, 4) is 11.5 Å². The molecule has 1 unspecified atom stereocenters. The lowest BCUT2D eigenvalue weighted by atomic mass is 9.97. The van der Waals surface area contributed by atoms with Gasteiger partial charge >= 0.3 is 5.97 Å². The Labute approximate surface area is 178 Å². The minimum Gasteiger partial charge on any atom is -0.463 e. The smallest absolute Gasteiger partial charge is 0.338 e. The first kappa shape index (κ1) is 18.9. The second-order valence-corrected chi connectivity index (χ2v) is 7.09. The van der Waals surface area contributed by atoms with E-state index in [0.29, 0.717) is 35.0 Å². The molecule has 4 aromatic rings. The molecular formula is C24H19N3O4. The number of H-pyrrole nitrogens is 1. The molecule has 1 atom stereocenters. The molecule has 0 radical (unpaired) electrons. The minimum atomic E-state index is -0.394. The largest absolute Gasteiger partial charge is 0.463 e. The van der Waals surface area contributed by atoms with E-state index in [1.165, 1.54) is 0 Å². The molecule has 0 aliphatic carbocycles. The fraction of sp³-hybridized carbons (Fsp3) is 0.125. The summed E-state index contributed by atoms with van der Waals surface area (Å²) in [5.41, 5.74) is 3.83. The van der Waals surface area contributed by atoms with Crippen molar-refractivity contribution in [2.45, 2.75) is 13.0 Å². The van der Waals surface area contributed by atoms with Gasteiger partial charge in [0.05, 0.1) is 24.5 Å². The van der Waals surface area contributed by atoms with Crippen molar-refractivity contribution in [2.24, 2.45) is 0 Å². The fourth-order valence-corrected chi connectivity index (χ4v) is 3.94. The van der Waals surface area contributed by atoms with Crippen molar-refractivity contribution in [2.75, 3.05) is 11.5 Å². The van der Waals surface area contributed by atoms with Gasteiger partial charge < -0.3 is 9.15 Å². The number of rotatable bonds is 5. The molecule has 0 bridgehead atoms. The van der Waals surface area contributed by atoms with E-state index in [4.69, 9.17) is 9.15 Å². The Morgan fingerprint density at radius 1 is 1.10 bits per heavy atom. The molecule has 0 saturated carbocycles. The van der Waals surface area contributed by atoms with Gasteiger partial charge in [0.1, 0.15) is 5.69 Å². The Morgan fingerprint density at radius 2 is 1.87 bits per heavy atom. The third-order valence-electron chi connectivity index (χ3n) is 5.30. The molecule has 7 heteroatoms. The van der Waals surface area contributed by atoms with Crippen LogP contribution in [0.3, 0.4) is 0 Å². The third-order valence-corrected chi connectivity index (χ3v) is 5.30. The number of hydrogen-bond donors (Lipinski definition) is 1. The third kappa shape index (κ3) is 3.11. The highest BCUT2D eigenvalue weighted by Crippen LogP contribution is 2.44. The van der Waals surface area contributed by atoms with E-state index in [2.05, 4.69) is 10.2 Å². The summed E-state index contributed by atoms with van der Waals surface area (Å²) < 4.78 is 10.6. The Hall–Kier alpha value is -4.13. The molecule has 1 aliphatic heterocycles. The molecule has 2 aromatic carbocycles. The molecule has 31 heavy (non-hydrogen) atoms. The molecular weight excluding hydrogens is 394 g/mol. The monoisotopic (exact) mass is 413 g/mol. The number of esters is 1. The average Bonchev–Trinajstić information content (AvgIpc) is 3.52. The Balaban J connectivity index is 1.62. The van der Waals surface area contributed by atoms with Crippen LogP contribution in [0.4, 0.5) is 5.69 Å². The van der Waals surface area contributed by atoms with Crippen LogP contribution < -0.4 is 4.90 Å². The van der Waals surface area contributed by atoms with E-state index in [9.17, 15) is 9.59 Å². The molecule has 0 saturated heterocycles. The zero-order valence-electron chi connectivity index (χ0n) is 16.7. The van der Waals surface area contributed by atoms with Crippen LogP contribution in [-0.4, -0.2) is 28.7 Å². The summed E-state index contributed by atoms with van der Waals surface area (Å²) in [6.45, 7) is 2.06. The highest BCUT2D eigenvalue weighted by Gasteiger charge is 2.43. The van der Waals surface area contributed by atoms with Crippen molar-refractivity contribution >= 4 is 17.6 Å². The van der Waals surface area contributed by atoms with Gasteiger partial charge in [-0.3, -0.25) is 14.8 Å². The first-order valence-corrected chi connectivity index (χ1v) is 9.97. The van der Waals surface area contributed by atoms with E-state index in [1.54, 1.807) is 48.4 Å². The number of carbonyl (C=O) groups excluding carboxylic acids is 2. The lowest BCUT2D eigenvalue weighted by Crippen LogP contribution is -2.29. The van der Waals surface area contributed by atoms with Crippen LogP contribution in [0.25, 0.3) is 11.5 Å². The quantitative estimate of drug-likeness (QED) is 0.483. The van der Waals surface area contributed by atoms with Gasteiger partial charge in [0, 0.05) is 11.3 Å². The second kappa shape index (κ2) is 7.60. The minimum absolute atomic E-state index is 0.221. The van der Waals surface area contributed by atoms with Gasteiger partial charge in [0.25, 0.3) is 5.91 Å². The number of ether oxygens (including phenoxy) is 1. The van der Waals surface area contributed by atoms with Crippen molar-refractivity contribution in [1.82, 2.24) is 10.2 Å². The van der Waals surface area contributed by atoms with Gasteiger partial charge in [-0.2, -0.15) is 5.10 Å². The first-order valence-electron chi connectivity index (χ1n) is 9.97. The molecule has 154 valence electrons. The van der Waals surface area contributed by atoms with Crippen molar-refractivity contribution < 1.29 is 18.7 Å². The number of amides is 1. The predicted octanol–water partition coefficient (Wildman–Crippen LogP) is 4.60. The number of anilines is 1. The van der Waals surface area contributed by atoms with Crippen LogP contribution in [-0.2, 0) is 4.74 Å². The van der Waals surface area contributed by atoms with E-state index < -0.39 is 12.0 Å². The number of aromatic amines is 1. The summed E-state index contributed by atoms with van der Waals surface area (Å²) in [5, 5.41) is 7.27. The van der Waals surface area contributed by atoms with Gasteiger partial charge in [-0.1, -0.05) is 30.3 Å². The SMILES string of the molecule is CCOC(=O)c1ccc(N2C(=O)c3n[nH]c(-c4ccco4)c3C2c2ccccc2)cc1. The van der Waals surface area contributed by atoms with Crippen LogP contribution in [0.5, 0.6) is 0 Å². The van der Waals surface area contributed by atoms with Crippen molar-refractivity contribution in [3.63, 3.8) is 0 Å². The predicted molar refractivity (Wildman–Crippen MR) is 114 cm³/mol. The molecule has 5 rings (SSSR count). The van der Waals surface area contributed by atoms with E-state index in [1.807, 2.05) is 36.4 Å². The van der Waals surface area contributed by atoms with Crippen LogP contribution >= 0.6 is 0 Å². The van der Waals surface area contributed by atoms with Gasteiger partial charge in [-0.15, -0.1) is 0 Å². The lowest BCUT2D eigenvalue weighted by molar-refractivity contribution is 0.0526. The van der Waals surface area contributed by atoms with Crippen molar-refractivity contribution in [3.05, 3.63) is 95.4 Å². The van der Waals surface area contributed by atoms with Gasteiger partial charge in [0.15, 0.2) is 11.5 Å². The lowest BCUT2D eigenvalue weighted by Gasteiger charge is -2.26. The summed E-state index contributed by atoms with van der Waals surface area (Å²) >= 11 is 0. The van der Waals surface area contributed by atoms with Gasteiger partial charge in [0.2, 0.25) is 0 Å². The van der Waals surface area contributed by atoms with Crippen LogP contribution in [0.15, 0.2) is 77.4 Å². The Kier molecular flexibility index (Phi) is 4.63. The summed E-state index contributed by atoms with van der Waals surface area (Å²) in [5.74, 6) is -0.00143. The topological polar surface area (TPSA) is 88.4 Å². The molecule has 3 heterocycles. The van der Waals surface area contributed by atoms with Gasteiger partial charge in [-0.25, -0.2) is 4.79 Å². The van der Waals surface area contributed by atoms with Gasteiger partial charge in [-0.05, 0) is 48.9 Å². The second-order valence-electron chi connectivity index (χ2n) is 7.09. The highest BCUT2D eigenvalue weighted by molar-refractivity contribution is 6.11. The van der Waals surface area contributed by atoms with E-state index in [0.717, 1.165) is 11.1 Å². The molecule has 7 nitrogen and oxygen atoms in total. The fourth-order valence-electron chi connectivity index (χ4n) is 3.94. The Morgan fingerprint density at radius 3 is 2.55 bits per heavy atom. The number of benzene rings is 2. The molecule has 0 spiro atoms. The molecule has 1 N–H and O–H groups in total. The standard InChI is InChI=1S/C24H19N3O4/c1-2-30-24(29)16-10-12-17(13-11-16)27-22(15-7-4-3-5-8-15)19-20(18-9-6-14-31-18)25-26-21(19)23(27)28/h3-14,22H,2H2,1H3,(H,25,26). The maximum atomic E-state index is 13.4. The maximum absolute atomic E-state index is 13.4. The zero-order valence-corrected chi connectivity index (χ0v) is 16.7. The van der Waals surface area contributed by atoms with Crippen LogP contribution in [0.2, 0.25) is 0 Å². The summed E-state index contributed by atoms with van der Waals surface area (Å²) in [7, 11) is 0. The number of carbonyl (C=O) groups is 2. The zero-order chi connectivity index (χ0) is 21.4. The van der Waals surface area contributed by atoms with Crippen LogP contribution in [0.1, 0.15) is 44.9 Å². The first-order chi connectivity index (χ1) is 15.2. The average molecular weight is 413 g/mol. The number of furan rings is 1. The molecule has 0 fully saturated rings. The summed E-state index contributed by atoms with van der Waals surface area (Å²) in [6.07, 6.45) is 1.59. The van der Waals surface area contributed by atoms with Crippen LogP contribution in [0, 0.1) is 0 Å². The molecule has 1 amide bonds. The number of nitrogens with zero attached hydrogens (tertiary/aromatic N) is 2. The number of hydrogen-bond acceptors (Lipinski definition) is 5. The number of fused-ring (bicyclic) bond motifs is 1. The molecule has 2 aromatic heterocycles. The van der Waals surface area contributed by atoms with E-state index >= 15 is 0 Å². The summed E-state index contributed by atoms with van der Waals surface area (Å²) in [6, 6.07) is 19.8.